The van der Waals surface area contributed by atoms with Gasteiger partial charge in [0.05, 0.1) is 42.4 Å². The van der Waals surface area contributed by atoms with E-state index in [9.17, 15) is 31.1 Å². The lowest BCUT2D eigenvalue weighted by molar-refractivity contribution is -0.143. The number of halogens is 6. The van der Waals surface area contributed by atoms with Gasteiger partial charge in [-0.05, 0) is 70.2 Å². The van der Waals surface area contributed by atoms with E-state index in [1.165, 1.54) is 9.80 Å². The van der Waals surface area contributed by atoms with Gasteiger partial charge in [-0.2, -0.15) is 26.3 Å². The minimum absolute atomic E-state index is 0.0679. The van der Waals surface area contributed by atoms with Crippen molar-refractivity contribution in [1.82, 2.24) is 14.9 Å². The van der Waals surface area contributed by atoms with E-state index in [1.807, 2.05) is 11.8 Å². The average molecular weight is 618 g/mol. The first-order chi connectivity index (χ1) is 20.1. The number of amides is 1. The van der Waals surface area contributed by atoms with Crippen molar-refractivity contribution < 1.29 is 40.6 Å². The van der Waals surface area contributed by atoms with E-state index in [-0.39, 0.29) is 23.6 Å². The Hall–Kier alpha value is -3.29. The largest absolute Gasteiger partial charge is 0.444 e. The third-order valence-electron chi connectivity index (χ3n) is 7.41. The molecule has 1 aromatic heterocycles. The molecule has 2 aliphatic heterocycles. The molecule has 4 rings (SSSR count). The highest BCUT2D eigenvalue weighted by Crippen LogP contribution is 2.38. The van der Waals surface area contributed by atoms with Gasteiger partial charge in [0.2, 0.25) is 5.95 Å². The number of piperidine rings is 1. The summed E-state index contributed by atoms with van der Waals surface area (Å²) in [7, 11) is 0. The first-order valence-corrected chi connectivity index (χ1v) is 14.3. The number of benzene rings is 1. The molecule has 0 radical (unpaired) electrons. The summed E-state index contributed by atoms with van der Waals surface area (Å²) in [5, 5.41) is 0. The smallest absolute Gasteiger partial charge is 0.416 e. The molecule has 8 nitrogen and oxygen atoms in total. The van der Waals surface area contributed by atoms with Crippen LogP contribution in [0.1, 0.15) is 70.1 Å². The molecule has 2 unspecified atom stereocenters. The second-order valence-corrected chi connectivity index (χ2v) is 11.7. The summed E-state index contributed by atoms with van der Waals surface area (Å²) in [6, 6.07) is 1.23. The number of hydrogen-bond acceptors (Lipinski definition) is 7. The highest BCUT2D eigenvalue weighted by atomic mass is 19.4. The second kappa shape index (κ2) is 12.7. The lowest BCUT2D eigenvalue weighted by Crippen LogP contribution is -2.58. The topological polar surface area (TPSA) is 71.0 Å². The van der Waals surface area contributed by atoms with Gasteiger partial charge in [-0.15, -0.1) is 0 Å². The maximum Gasteiger partial charge on any atom is 0.416 e. The Labute approximate surface area is 247 Å². The summed E-state index contributed by atoms with van der Waals surface area (Å²) in [5.74, 6) is 0.0679. The number of rotatable bonds is 6. The Bertz CT molecular complexity index is 1210. The third kappa shape index (κ3) is 8.21. The minimum Gasteiger partial charge on any atom is -0.444 e. The van der Waals surface area contributed by atoms with E-state index in [2.05, 4.69) is 9.97 Å². The van der Waals surface area contributed by atoms with E-state index >= 15 is 0 Å². The molecule has 2 saturated heterocycles. The van der Waals surface area contributed by atoms with Gasteiger partial charge < -0.3 is 19.3 Å². The molecule has 0 N–H and O–H groups in total. The van der Waals surface area contributed by atoms with Crippen LogP contribution in [-0.2, 0) is 28.4 Å². The Balaban J connectivity index is 1.80. The molecule has 0 spiro atoms. The van der Waals surface area contributed by atoms with Crippen LogP contribution in [0.3, 0.4) is 0 Å². The normalized spacial score (nSPS) is 20.2. The molecule has 1 aromatic carbocycles. The molecule has 2 atom stereocenters. The molecule has 2 aromatic rings. The molecule has 0 bridgehead atoms. The van der Waals surface area contributed by atoms with Gasteiger partial charge in [-0.3, -0.25) is 4.90 Å². The summed E-state index contributed by atoms with van der Waals surface area (Å²) >= 11 is 0. The van der Waals surface area contributed by atoms with Crippen molar-refractivity contribution in [1.29, 1.82) is 0 Å². The molecule has 0 aliphatic carbocycles. The quantitative estimate of drug-likeness (QED) is 0.327. The van der Waals surface area contributed by atoms with Gasteiger partial charge in [-0.1, -0.05) is 6.92 Å². The maximum atomic E-state index is 13.7. The minimum atomic E-state index is -5.00. The molecule has 0 saturated carbocycles. The molecule has 2 fully saturated rings. The summed E-state index contributed by atoms with van der Waals surface area (Å²) in [6.07, 6.45) is -6.00. The number of carbonyl (C=O) groups is 1. The Kier molecular flexibility index (Phi) is 9.67. The molecule has 3 heterocycles. The number of aromatic nitrogens is 2. The van der Waals surface area contributed by atoms with Crippen LogP contribution in [0.5, 0.6) is 0 Å². The molecule has 2 aliphatic rings. The van der Waals surface area contributed by atoms with Crippen LogP contribution in [0.15, 0.2) is 30.6 Å². The molecular formula is C29H37F6N5O3. The fourth-order valence-corrected chi connectivity index (χ4v) is 5.41. The van der Waals surface area contributed by atoms with E-state index in [0.29, 0.717) is 69.8 Å². The van der Waals surface area contributed by atoms with Crippen LogP contribution in [-0.4, -0.2) is 65.1 Å². The molecule has 1 amide bonds. The van der Waals surface area contributed by atoms with E-state index in [0.717, 1.165) is 0 Å². The van der Waals surface area contributed by atoms with Gasteiger partial charge in [0.1, 0.15) is 11.8 Å². The number of ether oxygens (including phenoxy) is 2. The number of nitrogens with zero attached hydrogens (tertiary/aromatic N) is 5. The summed E-state index contributed by atoms with van der Waals surface area (Å²) in [4.78, 5) is 27.6. The fraction of sp³-hybridized carbons (Fsp3) is 0.621. The summed E-state index contributed by atoms with van der Waals surface area (Å²) < 4.78 is 93.3. The fourth-order valence-electron chi connectivity index (χ4n) is 5.41. The zero-order valence-electron chi connectivity index (χ0n) is 24.6. The monoisotopic (exact) mass is 617 g/mol. The van der Waals surface area contributed by atoms with Crippen LogP contribution in [0.25, 0.3) is 0 Å². The van der Waals surface area contributed by atoms with Crippen LogP contribution < -0.4 is 9.80 Å². The number of hydrogen-bond donors (Lipinski definition) is 0. The van der Waals surface area contributed by atoms with Gasteiger partial charge >= 0.3 is 18.4 Å². The number of morpholine rings is 1. The predicted molar refractivity (Wildman–Crippen MR) is 147 cm³/mol. The van der Waals surface area contributed by atoms with Crippen molar-refractivity contribution in [3.05, 3.63) is 47.3 Å². The van der Waals surface area contributed by atoms with Crippen molar-refractivity contribution in [2.24, 2.45) is 0 Å². The number of likely N-dealkylation sites (tertiary alicyclic amines) is 1. The van der Waals surface area contributed by atoms with Crippen molar-refractivity contribution in [3.8, 4) is 0 Å². The summed E-state index contributed by atoms with van der Waals surface area (Å²) in [6.45, 7) is 8.93. The van der Waals surface area contributed by atoms with Crippen LogP contribution in [0, 0.1) is 0 Å². The van der Waals surface area contributed by atoms with Gasteiger partial charge in [0, 0.05) is 25.7 Å². The molecule has 43 heavy (non-hydrogen) atoms. The van der Waals surface area contributed by atoms with Crippen molar-refractivity contribution in [2.45, 2.75) is 90.1 Å². The zero-order valence-corrected chi connectivity index (χ0v) is 24.6. The number of carbonyl (C=O) groups excluding carboxylic acids is 1. The second-order valence-electron chi connectivity index (χ2n) is 11.7. The predicted octanol–water partition coefficient (Wildman–Crippen LogP) is 6.88. The number of anilines is 2. The van der Waals surface area contributed by atoms with Crippen LogP contribution in [0.4, 0.5) is 42.8 Å². The first kappa shape index (κ1) is 32.6. The van der Waals surface area contributed by atoms with E-state index in [4.69, 9.17) is 9.47 Å². The van der Waals surface area contributed by atoms with E-state index in [1.54, 1.807) is 33.2 Å². The number of alkyl halides is 6. The standard InChI is InChI=1S/C29H37F6N5O3/c1-5-22-7-6-8-24(40(22)26(41)43-27(2,3)4)39(25-36-16-23(17-37-25)38-9-11-42-12-10-38)18-19-13-20(28(30,31)32)15-21(14-19)29(33,34)35/h13-17,22,24H,5-12,18H2,1-4H3. The SMILES string of the molecule is CCC1CCCC(N(Cc2cc(C(F)(F)F)cc(C(F)(F)F)c2)c2ncc(N3CCOCC3)cn2)N1C(=O)OC(C)(C)C. The molecule has 14 heteroatoms. The van der Waals surface area contributed by atoms with Gasteiger partial charge in [-0.25, -0.2) is 14.8 Å². The zero-order chi connectivity index (χ0) is 31.6. The third-order valence-corrected chi connectivity index (χ3v) is 7.41. The van der Waals surface area contributed by atoms with Crippen LogP contribution >= 0.6 is 0 Å². The molecule has 238 valence electrons. The average Bonchev–Trinajstić information content (AvgIpc) is 2.94. The highest BCUT2D eigenvalue weighted by molar-refractivity contribution is 5.70. The van der Waals surface area contributed by atoms with Crippen molar-refractivity contribution >= 4 is 17.7 Å². The Morgan fingerprint density at radius 3 is 2.07 bits per heavy atom. The van der Waals surface area contributed by atoms with Crippen molar-refractivity contribution in [2.75, 3.05) is 36.1 Å². The maximum absolute atomic E-state index is 13.7. The van der Waals surface area contributed by atoms with Gasteiger partial charge in [0.15, 0.2) is 0 Å². The highest BCUT2D eigenvalue weighted by Gasteiger charge is 2.41. The lowest BCUT2D eigenvalue weighted by Gasteiger charge is -2.46. The van der Waals surface area contributed by atoms with Gasteiger partial charge in [0.25, 0.3) is 0 Å². The van der Waals surface area contributed by atoms with Crippen LogP contribution in [0.2, 0.25) is 0 Å². The first-order valence-electron chi connectivity index (χ1n) is 14.3. The van der Waals surface area contributed by atoms with Crippen molar-refractivity contribution in [3.63, 3.8) is 0 Å². The Morgan fingerprint density at radius 2 is 1.56 bits per heavy atom. The lowest BCUT2D eigenvalue weighted by atomic mass is 9.96. The molecular weight excluding hydrogens is 580 g/mol. The van der Waals surface area contributed by atoms with E-state index < -0.39 is 47.9 Å². The Morgan fingerprint density at radius 1 is 0.977 bits per heavy atom. The summed E-state index contributed by atoms with van der Waals surface area (Å²) in [5.41, 5.74) is -3.21.